The van der Waals surface area contributed by atoms with Gasteiger partial charge in [-0.25, -0.2) is 0 Å². The van der Waals surface area contributed by atoms with Crippen LogP contribution in [0.15, 0.2) is 140 Å². The van der Waals surface area contributed by atoms with Crippen molar-refractivity contribution in [1.29, 1.82) is 0 Å². The third-order valence-corrected chi connectivity index (χ3v) is 17.9. The zero-order valence-corrected chi connectivity index (χ0v) is 48.6. The quantitative estimate of drug-likeness (QED) is 0.143. The highest BCUT2D eigenvalue weighted by molar-refractivity contribution is 5.92. The van der Waals surface area contributed by atoms with Crippen LogP contribution in [0.5, 0.6) is 0 Å². The van der Waals surface area contributed by atoms with E-state index in [4.69, 9.17) is 0 Å². The highest BCUT2D eigenvalue weighted by Crippen LogP contribution is 2.59. The van der Waals surface area contributed by atoms with Crippen LogP contribution in [0.1, 0.15) is 122 Å². The molecule has 0 radical (unpaired) electrons. The number of rotatable bonds is 9. The molecule has 9 aromatic carbocycles. The second-order valence-corrected chi connectivity index (χ2v) is 22.7. The van der Waals surface area contributed by atoms with Crippen molar-refractivity contribution < 1.29 is 0 Å². The van der Waals surface area contributed by atoms with E-state index in [-0.39, 0.29) is 0 Å². The Hall–Kier alpha value is -7.62. The number of para-hydroxylation sites is 1. The van der Waals surface area contributed by atoms with E-state index in [0.29, 0.717) is 0 Å². The van der Waals surface area contributed by atoms with Crippen LogP contribution in [0.3, 0.4) is 0 Å². The molecule has 3 heteroatoms. The topological polar surface area (TPSA) is 9.72 Å². The summed E-state index contributed by atoms with van der Waals surface area (Å²) in [5, 5.41) is 0. The molecule has 0 atom stereocenters. The minimum Gasteiger partial charge on any atom is -0.310 e. The number of nitrogens with zero attached hydrogens (tertiary/aromatic N) is 3. The van der Waals surface area contributed by atoms with Crippen molar-refractivity contribution in [2.24, 2.45) is 0 Å². The van der Waals surface area contributed by atoms with Gasteiger partial charge in [0.1, 0.15) is 0 Å². The van der Waals surface area contributed by atoms with Gasteiger partial charge in [0.05, 0.1) is 39.5 Å². The summed E-state index contributed by atoms with van der Waals surface area (Å²) >= 11 is 0. The molecule has 0 saturated heterocycles. The van der Waals surface area contributed by atoms with E-state index in [1.165, 1.54) is 157 Å². The summed E-state index contributed by atoms with van der Waals surface area (Å²) in [6, 6.07) is 54.1. The van der Waals surface area contributed by atoms with Crippen molar-refractivity contribution in [3.63, 3.8) is 0 Å². The van der Waals surface area contributed by atoms with E-state index in [1.54, 1.807) is 0 Å². The predicted molar refractivity (Wildman–Crippen MR) is 328 cm³/mol. The molecule has 384 valence electrons. The summed E-state index contributed by atoms with van der Waals surface area (Å²) in [7, 11) is 0. The third-order valence-electron chi connectivity index (χ3n) is 17.9. The lowest BCUT2D eigenvalue weighted by atomic mass is 9.62. The fourth-order valence-corrected chi connectivity index (χ4v) is 13.1. The number of hydrogen-bond acceptors (Lipinski definition) is 3. The number of aryl methyl sites for hydroxylation is 10. The van der Waals surface area contributed by atoms with Crippen molar-refractivity contribution in [2.75, 3.05) is 14.7 Å². The molecule has 0 amide bonds. The lowest BCUT2D eigenvalue weighted by Crippen LogP contribution is -2.38. The molecule has 0 aromatic heterocycles. The standard InChI is InChI=1S/C73H77N3/c1-42-23-30-62(31-24-42)74-67-22-20-19-21-65(67)73(66-37-43(2)25-36-68(66)74,60-26-32-63(33-27-60)75(69-48(7)38-44(3)52(11)56(69)15)70-49(8)39-45(4)53(12)57(70)16)61-28-34-64(35-29-61)76(71-50(9)40-46(5)54(13)58(71)17)72-51(10)41-47(6)55(14)59(72)18/h19-41H,1-18H3. The van der Waals surface area contributed by atoms with Gasteiger partial charge >= 0.3 is 0 Å². The predicted octanol–water partition coefficient (Wildman–Crippen LogP) is 20.3. The summed E-state index contributed by atoms with van der Waals surface area (Å²) in [5.74, 6) is 0. The zero-order chi connectivity index (χ0) is 54.4. The summed E-state index contributed by atoms with van der Waals surface area (Å²) in [5.41, 5.74) is 38.4. The smallest absolute Gasteiger partial charge is 0.0742 e. The Labute approximate surface area is 455 Å². The average Bonchev–Trinajstić information content (AvgIpc) is 3.51. The monoisotopic (exact) mass is 996 g/mol. The SMILES string of the molecule is Cc1ccc(N2c3ccccc3C(c3ccc(N(c4c(C)cc(C)c(C)c4C)c4c(C)cc(C)c(C)c4C)cc3)(c3ccc(N(c4c(C)cc(C)c(C)c4C)c4c(C)cc(C)c(C)c4C)cc3)c3cc(C)ccc32)cc1. The van der Waals surface area contributed by atoms with Crippen LogP contribution in [0.25, 0.3) is 0 Å². The first-order chi connectivity index (χ1) is 36.2. The second-order valence-electron chi connectivity index (χ2n) is 22.7. The molecule has 0 aliphatic carbocycles. The molecular weight excluding hydrogens is 919 g/mol. The summed E-state index contributed by atoms with van der Waals surface area (Å²) in [4.78, 5) is 7.61. The van der Waals surface area contributed by atoms with Crippen LogP contribution in [-0.4, -0.2) is 0 Å². The van der Waals surface area contributed by atoms with Crippen LogP contribution < -0.4 is 14.7 Å². The maximum Gasteiger partial charge on any atom is 0.0742 e. The Balaban J connectivity index is 1.27. The van der Waals surface area contributed by atoms with Gasteiger partial charge in [-0.2, -0.15) is 0 Å². The Morgan fingerprint density at radius 1 is 0.289 bits per heavy atom. The highest BCUT2D eigenvalue weighted by atomic mass is 15.2. The first-order valence-corrected chi connectivity index (χ1v) is 27.4. The lowest BCUT2D eigenvalue weighted by molar-refractivity contribution is 0.730. The molecule has 1 aliphatic heterocycles. The molecule has 3 nitrogen and oxygen atoms in total. The Bertz CT molecular complexity index is 3470. The van der Waals surface area contributed by atoms with Gasteiger partial charge < -0.3 is 14.7 Å². The maximum atomic E-state index is 2.56. The van der Waals surface area contributed by atoms with Gasteiger partial charge in [0.2, 0.25) is 0 Å². The minimum atomic E-state index is -0.719. The van der Waals surface area contributed by atoms with Crippen molar-refractivity contribution >= 4 is 51.2 Å². The third kappa shape index (κ3) is 8.17. The van der Waals surface area contributed by atoms with Crippen molar-refractivity contribution in [2.45, 2.75) is 130 Å². The van der Waals surface area contributed by atoms with E-state index in [9.17, 15) is 0 Å². The van der Waals surface area contributed by atoms with Gasteiger partial charge in [0.15, 0.2) is 0 Å². The molecule has 1 aliphatic rings. The van der Waals surface area contributed by atoms with Crippen molar-refractivity contribution in [3.8, 4) is 0 Å². The molecule has 0 fully saturated rings. The molecule has 0 bridgehead atoms. The summed E-state index contributed by atoms with van der Waals surface area (Å²) in [6.45, 7) is 40.8. The Morgan fingerprint density at radius 3 is 1.01 bits per heavy atom. The number of hydrogen-bond donors (Lipinski definition) is 0. The average molecular weight is 996 g/mol. The van der Waals surface area contributed by atoms with Gasteiger partial charge in [-0.15, -0.1) is 0 Å². The molecule has 0 saturated carbocycles. The van der Waals surface area contributed by atoms with Gasteiger partial charge in [0, 0.05) is 17.1 Å². The normalized spacial score (nSPS) is 12.7. The molecule has 9 aromatic rings. The van der Waals surface area contributed by atoms with E-state index >= 15 is 0 Å². The molecule has 0 unspecified atom stereocenters. The van der Waals surface area contributed by atoms with E-state index in [1.807, 2.05) is 0 Å². The van der Waals surface area contributed by atoms with Crippen LogP contribution >= 0.6 is 0 Å². The Morgan fingerprint density at radius 2 is 0.632 bits per heavy atom. The van der Waals surface area contributed by atoms with E-state index in [2.05, 4.69) is 279 Å². The van der Waals surface area contributed by atoms with Gasteiger partial charge in [-0.05, 0) is 284 Å². The number of benzene rings is 9. The maximum absolute atomic E-state index is 2.56. The highest BCUT2D eigenvalue weighted by Gasteiger charge is 2.47. The van der Waals surface area contributed by atoms with E-state index < -0.39 is 5.41 Å². The molecule has 10 rings (SSSR count). The molecule has 0 spiro atoms. The van der Waals surface area contributed by atoms with Gasteiger partial charge in [0.25, 0.3) is 0 Å². The van der Waals surface area contributed by atoms with Crippen LogP contribution in [-0.2, 0) is 5.41 Å². The molecular formula is C73H77N3. The summed E-state index contributed by atoms with van der Waals surface area (Å²) < 4.78 is 0. The molecule has 0 N–H and O–H groups in total. The lowest BCUT2D eigenvalue weighted by Gasteiger charge is -2.47. The van der Waals surface area contributed by atoms with Gasteiger partial charge in [-0.3, -0.25) is 0 Å². The minimum absolute atomic E-state index is 0.719. The van der Waals surface area contributed by atoms with E-state index in [0.717, 1.165) is 17.1 Å². The zero-order valence-electron chi connectivity index (χ0n) is 48.6. The first kappa shape index (κ1) is 51.8. The van der Waals surface area contributed by atoms with Gasteiger partial charge in [-0.1, -0.05) is 102 Å². The fraction of sp³-hybridized carbons (Fsp3) is 0.260. The molecule has 76 heavy (non-hydrogen) atoms. The second kappa shape index (κ2) is 19.5. The summed E-state index contributed by atoms with van der Waals surface area (Å²) in [6.07, 6.45) is 0. The van der Waals surface area contributed by atoms with Crippen LogP contribution in [0, 0.1) is 125 Å². The first-order valence-electron chi connectivity index (χ1n) is 27.4. The fourth-order valence-electron chi connectivity index (χ4n) is 13.1. The number of fused-ring (bicyclic) bond motifs is 2. The van der Waals surface area contributed by atoms with Crippen molar-refractivity contribution in [3.05, 3.63) is 262 Å². The van der Waals surface area contributed by atoms with Crippen LogP contribution in [0.4, 0.5) is 51.2 Å². The van der Waals surface area contributed by atoms with Crippen LogP contribution in [0.2, 0.25) is 0 Å². The van der Waals surface area contributed by atoms with Crippen molar-refractivity contribution in [1.82, 2.24) is 0 Å². The molecule has 1 heterocycles. The Kier molecular flexibility index (Phi) is 13.3. The number of anilines is 9. The largest absolute Gasteiger partial charge is 0.310 e.